The minimum atomic E-state index is -4.14. The third kappa shape index (κ3) is 7.64. The van der Waals surface area contributed by atoms with Gasteiger partial charge in [0.25, 0.3) is 10.0 Å². The van der Waals surface area contributed by atoms with Crippen LogP contribution in [0.1, 0.15) is 48.9 Å². The van der Waals surface area contributed by atoms with Gasteiger partial charge < -0.3 is 10.2 Å². The Morgan fingerprint density at radius 1 is 0.925 bits per heavy atom. The average Bonchev–Trinajstić information content (AvgIpc) is 2.91. The molecule has 1 atom stereocenters. The summed E-state index contributed by atoms with van der Waals surface area (Å²) in [7, 11) is -4.14. The third-order valence-corrected chi connectivity index (χ3v) is 8.69. The van der Waals surface area contributed by atoms with Gasteiger partial charge in [0.1, 0.15) is 12.6 Å². The highest BCUT2D eigenvalue weighted by Crippen LogP contribution is 2.29. The van der Waals surface area contributed by atoms with Crippen LogP contribution in [0, 0.1) is 20.8 Å². The summed E-state index contributed by atoms with van der Waals surface area (Å²) in [6.07, 6.45) is 1.13. The van der Waals surface area contributed by atoms with Crippen LogP contribution >= 0.6 is 11.6 Å². The Morgan fingerprint density at radius 2 is 1.62 bits per heavy atom. The van der Waals surface area contributed by atoms with Gasteiger partial charge in [-0.15, -0.1) is 0 Å². The van der Waals surface area contributed by atoms with Gasteiger partial charge >= 0.3 is 0 Å². The molecular weight excluding hydrogens is 546 g/mol. The zero-order chi connectivity index (χ0) is 29.4. The number of carbonyl (C=O) groups excluding carboxylic acids is 2. The topological polar surface area (TPSA) is 86.8 Å². The predicted molar refractivity (Wildman–Crippen MR) is 161 cm³/mol. The minimum Gasteiger partial charge on any atom is -0.354 e. The van der Waals surface area contributed by atoms with Gasteiger partial charge in [0, 0.05) is 18.1 Å². The summed E-state index contributed by atoms with van der Waals surface area (Å²) in [5, 5.41) is 3.36. The molecule has 0 aliphatic carbocycles. The molecule has 0 spiro atoms. The number of nitrogens with zero attached hydrogens (tertiary/aromatic N) is 2. The Kier molecular flexibility index (Phi) is 10.8. The Labute approximate surface area is 243 Å². The van der Waals surface area contributed by atoms with Crippen molar-refractivity contribution < 1.29 is 18.0 Å². The van der Waals surface area contributed by atoms with Crippen LogP contribution in [-0.4, -0.2) is 44.3 Å². The van der Waals surface area contributed by atoms with Gasteiger partial charge in [-0.3, -0.25) is 13.9 Å². The Hall–Kier alpha value is -3.36. The van der Waals surface area contributed by atoms with Crippen LogP contribution < -0.4 is 9.62 Å². The molecule has 214 valence electrons. The molecule has 40 heavy (non-hydrogen) atoms. The van der Waals surface area contributed by atoms with Gasteiger partial charge in [-0.2, -0.15) is 0 Å². The van der Waals surface area contributed by atoms with Crippen molar-refractivity contribution in [3.63, 3.8) is 0 Å². The summed E-state index contributed by atoms with van der Waals surface area (Å²) in [6, 6.07) is 18.3. The quantitative estimate of drug-likeness (QED) is 0.292. The lowest BCUT2D eigenvalue weighted by Gasteiger charge is -2.33. The van der Waals surface area contributed by atoms with Crippen molar-refractivity contribution in [2.75, 3.05) is 17.4 Å². The Morgan fingerprint density at radius 3 is 2.23 bits per heavy atom. The summed E-state index contributed by atoms with van der Waals surface area (Å²) in [5.74, 6) is -0.744. The number of anilines is 1. The molecule has 3 aromatic carbocycles. The molecule has 1 N–H and O–H groups in total. The maximum atomic E-state index is 14.1. The van der Waals surface area contributed by atoms with E-state index in [0.717, 1.165) is 27.4 Å². The number of halogens is 1. The second-order valence-electron chi connectivity index (χ2n) is 9.98. The molecule has 0 saturated carbocycles. The maximum absolute atomic E-state index is 14.1. The lowest BCUT2D eigenvalue weighted by molar-refractivity contribution is -0.140. The van der Waals surface area contributed by atoms with E-state index in [2.05, 4.69) is 5.32 Å². The average molecular weight is 584 g/mol. The van der Waals surface area contributed by atoms with Crippen molar-refractivity contribution >= 4 is 39.1 Å². The van der Waals surface area contributed by atoms with Crippen molar-refractivity contribution in [2.24, 2.45) is 0 Å². The standard InChI is InChI=1S/C31H38ClN3O4S/c1-6-17-33-31(37)28(7-2)34(20-25-10-8-9-23(4)18-25)30(36)21-35(29-16-13-26(32)19-24(29)5)40(38,39)27-14-11-22(3)12-15-27/h8-16,18-19,28H,6-7,17,20-21H2,1-5H3,(H,33,37)/t28-/m1/s1. The molecule has 2 amide bonds. The predicted octanol–water partition coefficient (Wildman–Crippen LogP) is 5.79. The van der Waals surface area contributed by atoms with Crippen LogP contribution in [-0.2, 0) is 26.2 Å². The number of carbonyl (C=O) groups is 2. The molecule has 0 aromatic heterocycles. The summed E-state index contributed by atoms with van der Waals surface area (Å²) in [6.45, 7) is 9.55. The van der Waals surface area contributed by atoms with E-state index >= 15 is 0 Å². The first kappa shape index (κ1) is 31.2. The number of hydrogen-bond donors (Lipinski definition) is 1. The molecule has 7 nitrogen and oxygen atoms in total. The number of rotatable bonds is 12. The highest BCUT2D eigenvalue weighted by atomic mass is 35.5. The molecule has 9 heteroatoms. The van der Waals surface area contributed by atoms with Gasteiger partial charge in [-0.1, -0.05) is 73.0 Å². The first-order valence-corrected chi connectivity index (χ1v) is 15.3. The van der Waals surface area contributed by atoms with Crippen LogP contribution in [0.15, 0.2) is 71.6 Å². The molecule has 0 heterocycles. The Bertz CT molecular complexity index is 1440. The van der Waals surface area contributed by atoms with E-state index in [0.29, 0.717) is 29.2 Å². The van der Waals surface area contributed by atoms with E-state index in [1.165, 1.54) is 17.0 Å². The second-order valence-corrected chi connectivity index (χ2v) is 12.3. The summed E-state index contributed by atoms with van der Waals surface area (Å²) < 4.78 is 29.1. The van der Waals surface area contributed by atoms with Crippen LogP contribution in [0.5, 0.6) is 0 Å². The second kappa shape index (κ2) is 13.8. The molecule has 0 aliphatic heterocycles. The molecule has 0 radical (unpaired) electrons. The van der Waals surface area contributed by atoms with Crippen molar-refractivity contribution in [3.8, 4) is 0 Å². The van der Waals surface area contributed by atoms with E-state index in [1.54, 1.807) is 37.3 Å². The van der Waals surface area contributed by atoms with Crippen molar-refractivity contribution in [1.29, 1.82) is 0 Å². The van der Waals surface area contributed by atoms with Crippen molar-refractivity contribution in [1.82, 2.24) is 10.2 Å². The van der Waals surface area contributed by atoms with Gasteiger partial charge in [0.15, 0.2) is 0 Å². The number of aryl methyl sites for hydroxylation is 3. The van der Waals surface area contributed by atoms with Crippen molar-refractivity contribution in [2.45, 2.75) is 64.9 Å². The zero-order valence-electron chi connectivity index (χ0n) is 23.8. The molecular formula is C31H38ClN3O4S. The smallest absolute Gasteiger partial charge is 0.264 e. The van der Waals surface area contributed by atoms with Gasteiger partial charge in [-0.05, 0) is 75.1 Å². The normalized spacial score (nSPS) is 12.1. The first-order valence-electron chi connectivity index (χ1n) is 13.5. The number of sulfonamides is 1. The van der Waals surface area contributed by atoms with E-state index in [9.17, 15) is 18.0 Å². The fourth-order valence-corrected chi connectivity index (χ4v) is 6.25. The fourth-order valence-electron chi connectivity index (χ4n) is 4.54. The Balaban J connectivity index is 2.09. The SMILES string of the molecule is CCCNC(=O)[C@@H](CC)N(Cc1cccc(C)c1)C(=O)CN(c1ccc(Cl)cc1C)S(=O)(=O)c1ccc(C)cc1. The lowest BCUT2D eigenvalue weighted by atomic mass is 10.1. The lowest BCUT2D eigenvalue weighted by Crippen LogP contribution is -2.52. The largest absolute Gasteiger partial charge is 0.354 e. The number of benzene rings is 3. The first-order chi connectivity index (χ1) is 19.0. The summed E-state index contributed by atoms with van der Waals surface area (Å²) >= 11 is 6.18. The van der Waals surface area contributed by atoms with E-state index in [1.807, 2.05) is 52.0 Å². The van der Waals surface area contributed by atoms with E-state index in [-0.39, 0.29) is 17.3 Å². The fraction of sp³-hybridized carbons (Fsp3) is 0.355. The molecule has 0 unspecified atom stereocenters. The minimum absolute atomic E-state index is 0.0678. The van der Waals surface area contributed by atoms with E-state index < -0.39 is 28.5 Å². The van der Waals surface area contributed by atoms with E-state index in [4.69, 9.17) is 11.6 Å². The third-order valence-electron chi connectivity index (χ3n) is 6.69. The molecule has 3 rings (SSSR count). The number of hydrogen-bond acceptors (Lipinski definition) is 4. The molecule has 0 bridgehead atoms. The molecule has 0 saturated heterocycles. The van der Waals surface area contributed by atoms with Crippen molar-refractivity contribution in [3.05, 3.63) is 94.0 Å². The number of amides is 2. The van der Waals surface area contributed by atoms with Crippen LogP contribution in [0.3, 0.4) is 0 Å². The molecule has 0 fully saturated rings. The van der Waals surface area contributed by atoms with Crippen LogP contribution in [0.4, 0.5) is 5.69 Å². The van der Waals surface area contributed by atoms with Crippen LogP contribution in [0.25, 0.3) is 0 Å². The molecule has 3 aromatic rings. The highest BCUT2D eigenvalue weighted by Gasteiger charge is 2.34. The van der Waals surface area contributed by atoms with Gasteiger partial charge in [-0.25, -0.2) is 8.42 Å². The van der Waals surface area contributed by atoms with Gasteiger partial charge in [0.05, 0.1) is 10.6 Å². The highest BCUT2D eigenvalue weighted by molar-refractivity contribution is 7.92. The number of nitrogens with one attached hydrogen (secondary N) is 1. The molecule has 0 aliphatic rings. The monoisotopic (exact) mass is 583 g/mol. The van der Waals surface area contributed by atoms with Gasteiger partial charge in [0.2, 0.25) is 11.8 Å². The summed E-state index contributed by atoms with van der Waals surface area (Å²) in [5.41, 5.74) is 3.74. The summed E-state index contributed by atoms with van der Waals surface area (Å²) in [4.78, 5) is 28.9. The zero-order valence-corrected chi connectivity index (χ0v) is 25.3. The van der Waals surface area contributed by atoms with Crippen LogP contribution in [0.2, 0.25) is 5.02 Å². The maximum Gasteiger partial charge on any atom is 0.264 e.